The third-order valence-corrected chi connectivity index (χ3v) is 3.25. The monoisotopic (exact) mass is 261 g/mol. The quantitative estimate of drug-likeness (QED) is 0.464. The SMILES string of the molecule is C=CC(=O)OC(CC)c1ccc(O[Si])c(C)c1C. The van der Waals surface area contributed by atoms with E-state index in [1.165, 1.54) is 6.08 Å². The van der Waals surface area contributed by atoms with Crippen LogP contribution in [0.2, 0.25) is 0 Å². The highest BCUT2D eigenvalue weighted by molar-refractivity contribution is 6.00. The molecule has 18 heavy (non-hydrogen) atoms. The Morgan fingerprint density at radius 1 is 1.44 bits per heavy atom. The summed E-state index contributed by atoms with van der Waals surface area (Å²) in [5.41, 5.74) is 3.09. The largest absolute Gasteiger partial charge is 0.540 e. The number of esters is 1. The molecule has 0 fully saturated rings. The average molecular weight is 261 g/mol. The molecule has 3 radical (unpaired) electrons. The van der Waals surface area contributed by atoms with Gasteiger partial charge in [-0.25, -0.2) is 4.79 Å². The van der Waals surface area contributed by atoms with E-state index in [1.807, 2.05) is 32.9 Å². The standard InChI is InChI=1S/C14H17O3Si/c1-5-12(16-14(15)6-2)11-7-8-13(17-18)10(4)9(11)3/h6-8,12H,2,5H2,1,3-4H3. The summed E-state index contributed by atoms with van der Waals surface area (Å²) in [4.78, 5) is 11.3. The van der Waals surface area contributed by atoms with Gasteiger partial charge >= 0.3 is 16.5 Å². The number of carbonyl (C=O) groups excluding carboxylic acids is 1. The molecule has 0 aliphatic heterocycles. The Bertz CT molecular complexity index is 455. The van der Waals surface area contributed by atoms with Crippen molar-refractivity contribution in [2.24, 2.45) is 0 Å². The van der Waals surface area contributed by atoms with Gasteiger partial charge < -0.3 is 9.16 Å². The second kappa shape index (κ2) is 6.40. The molecule has 3 nitrogen and oxygen atoms in total. The highest BCUT2D eigenvalue weighted by atomic mass is 28.2. The molecule has 4 heteroatoms. The van der Waals surface area contributed by atoms with Crippen molar-refractivity contribution in [1.29, 1.82) is 0 Å². The molecular formula is C14H17O3Si. The van der Waals surface area contributed by atoms with Gasteiger partial charge in [0.05, 0.1) is 0 Å². The van der Waals surface area contributed by atoms with Crippen molar-refractivity contribution in [3.05, 3.63) is 41.5 Å². The summed E-state index contributed by atoms with van der Waals surface area (Å²) < 4.78 is 10.4. The topological polar surface area (TPSA) is 35.5 Å². The molecule has 0 saturated heterocycles. The van der Waals surface area contributed by atoms with Crippen molar-refractivity contribution in [3.63, 3.8) is 0 Å². The zero-order valence-electron chi connectivity index (χ0n) is 10.9. The fourth-order valence-corrected chi connectivity index (χ4v) is 2.05. The highest BCUT2D eigenvalue weighted by Gasteiger charge is 2.17. The fourth-order valence-electron chi connectivity index (χ4n) is 1.83. The first-order chi connectivity index (χ1) is 8.54. The molecule has 0 aliphatic carbocycles. The highest BCUT2D eigenvalue weighted by Crippen LogP contribution is 2.31. The maximum atomic E-state index is 11.3. The van der Waals surface area contributed by atoms with Gasteiger partial charge in [-0.05, 0) is 43.0 Å². The van der Waals surface area contributed by atoms with Crippen LogP contribution in [0.25, 0.3) is 0 Å². The normalized spacial score (nSPS) is 11.8. The van der Waals surface area contributed by atoms with Gasteiger partial charge in [0.15, 0.2) is 0 Å². The van der Waals surface area contributed by atoms with E-state index in [9.17, 15) is 4.79 Å². The minimum Gasteiger partial charge on any atom is -0.540 e. The van der Waals surface area contributed by atoms with Crippen molar-refractivity contribution < 1.29 is 14.0 Å². The minimum absolute atomic E-state index is 0.252. The van der Waals surface area contributed by atoms with E-state index in [1.54, 1.807) is 0 Å². The van der Waals surface area contributed by atoms with E-state index in [2.05, 4.69) is 17.1 Å². The van der Waals surface area contributed by atoms with Crippen LogP contribution in [0.4, 0.5) is 0 Å². The van der Waals surface area contributed by atoms with Crippen LogP contribution < -0.4 is 4.43 Å². The van der Waals surface area contributed by atoms with Gasteiger partial charge in [-0.15, -0.1) is 0 Å². The maximum Gasteiger partial charge on any atom is 0.341 e. The van der Waals surface area contributed by atoms with Crippen LogP contribution in [0.1, 0.15) is 36.1 Å². The molecule has 1 rings (SSSR count). The molecule has 0 heterocycles. The Labute approximate surface area is 111 Å². The Morgan fingerprint density at radius 2 is 2.11 bits per heavy atom. The molecule has 1 atom stereocenters. The molecule has 1 aromatic rings. The van der Waals surface area contributed by atoms with E-state index >= 15 is 0 Å². The first kappa shape index (κ1) is 14.5. The van der Waals surface area contributed by atoms with Gasteiger partial charge in [0.25, 0.3) is 0 Å². The molecule has 0 N–H and O–H groups in total. The van der Waals surface area contributed by atoms with Crippen LogP contribution in [-0.2, 0) is 9.53 Å². The lowest BCUT2D eigenvalue weighted by Gasteiger charge is -2.20. The fraction of sp³-hybridized carbons (Fsp3) is 0.357. The molecule has 0 aromatic heterocycles. The van der Waals surface area contributed by atoms with Crippen LogP contribution in [-0.4, -0.2) is 16.5 Å². The lowest BCUT2D eigenvalue weighted by atomic mass is 9.97. The van der Waals surface area contributed by atoms with Gasteiger partial charge in [0, 0.05) is 6.08 Å². The molecule has 0 saturated carbocycles. The number of ether oxygens (including phenoxy) is 1. The van der Waals surface area contributed by atoms with Crippen molar-refractivity contribution in [2.75, 3.05) is 0 Å². The second-order valence-electron chi connectivity index (χ2n) is 4.04. The molecule has 0 spiro atoms. The van der Waals surface area contributed by atoms with E-state index < -0.39 is 5.97 Å². The summed E-state index contributed by atoms with van der Waals surface area (Å²) in [7, 11) is 3.02. The lowest BCUT2D eigenvalue weighted by Crippen LogP contribution is -2.10. The van der Waals surface area contributed by atoms with E-state index in [4.69, 9.17) is 9.16 Å². The van der Waals surface area contributed by atoms with E-state index in [0.29, 0.717) is 6.42 Å². The van der Waals surface area contributed by atoms with Crippen LogP contribution in [0, 0.1) is 13.8 Å². The van der Waals surface area contributed by atoms with Crippen LogP contribution >= 0.6 is 0 Å². The molecule has 0 aliphatic rings. The van der Waals surface area contributed by atoms with Gasteiger partial charge in [-0.1, -0.05) is 19.6 Å². The van der Waals surface area contributed by atoms with Crippen LogP contribution in [0.3, 0.4) is 0 Å². The molecule has 1 unspecified atom stereocenters. The van der Waals surface area contributed by atoms with Crippen LogP contribution in [0.5, 0.6) is 5.75 Å². The molecule has 0 amide bonds. The van der Waals surface area contributed by atoms with E-state index in [-0.39, 0.29) is 6.10 Å². The summed E-state index contributed by atoms with van der Waals surface area (Å²) in [6.45, 7) is 9.34. The molecule has 1 aromatic carbocycles. The lowest BCUT2D eigenvalue weighted by molar-refractivity contribution is -0.143. The van der Waals surface area contributed by atoms with Gasteiger partial charge in [0.2, 0.25) is 0 Å². The molecule has 95 valence electrons. The zero-order chi connectivity index (χ0) is 13.7. The number of rotatable bonds is 5. The summed E-state index contributed by atoms with van der Waals surface area (Å²) >= 11 is 0. The first-order valence-corrected chi connectivity index (χ1v) is 6.22. The third-order valence-electron chi connectivity index (χ3n) is 3.03. The van der Waals surface area contributed by atoms with Crippen molar-refractivity contribution in [2.45, 2.75) is 33.3 Å². The van der Waals surface area contributed by atoms with Crippen molar-refractivity contribution >= 4 is 16.5 Å². The Morgan fingerprint density at radius 3 is 2.61 bits per heavy atom. The summed E-state index contributed by atoms with van der Waals surface area (Å²) in [5.74, 6) is 0.358. The Hall–Kier alpha value is -1.55. The predicted octanol–water partition coefficient (Wildman–Crippen LogP) is 2.95. The van der Waals surface area contributed by atoms with Gasteiger partial charge in [-0.3, -0.25) is 0 Å². The molecular weight excluding hydrogens is 244 g/mol. The number of carbonyl (C=O) groups is 1. The summed E-state index contributed by atoms with van der Waals surface area (Å²) in [6.07, 6.45) is 1.65. The van der Waals surface area contributed by atoms with Gasteiger partial charge in [-0.2, -0.15) is 0 Å². The maximum absolute atomic E-state index is 11.3. The van der Waals surface area contributed by atoms with Crippen molar-refractivity contribution in [3.8, 4) is 5.75 Å². The Kier molecular flexibility index (Phi) is 5.16. The number of benzene rings is 1. The summed E-state index contributed by atoms with van der Waals surface area (Å²) in [5, 5.41) is 0. The first-order valence-electron chi connectivity index (χ1n) is 5.81. The Balaban J connectivity index is 3.10. The smallest absolute Gasteiger partial charge is 0.341 e. The van der Waals surface area contributed by atoms with Gasteiger partial charge in [0.1, 0.15) is 11.9 Å². The molecule has 0 bridgehead atoms. The zero-order valence-corrected chi connectivity index (χ0v) is 11.9. The van der Waals surface area contributed by atoms with Crippen molar-refractivity contribution in [1.82, 2.24) is 0 Å². The van der Waals surface area contributed by atoms with Crippen LogP contribution in [0.15, 0.2) is 24.8 Å². The number of hydrogen-bond donors (Lipinski definition) is 0. The summed E-state index contributed by atoms with van der Waals surface area (Å²) in [6, 6.07) is 3.78. The second-order valence-corrected chi connectivity index (χ2v) is 4.25. The third kappa shape index (κ3) is 3.01. The minimum atomic E-state index is -0.403. The number of hydrogen-bond acceptors (Lipinski definition) is 3. The predicted molar refractivity (Wildman–Crippen MR) is 71.6 cm³/mol. The van der Waals surface area contributed by atoms with E-state index in [0.717, 1.165) is 22.4 Å². The average Bonchev–Trinajstić information content (AvgIpc) is 2.39.